The predicted octanol–water partition coefficient (Wildman–Crippen LogP) is 0.940. The quantitative estimate of drug-likeness (QED) is 0.848. The molecule has 0 heterocycles. The van der Waals surface area contributed by atoms with Gasteiger partial charge in [0, 0.05) is 20.6 Å². The monoisotopic (exact) mass is 291 g/mol. The highest BCUT2D eigenvalue weighted by Crippen LogP contribution is 2.12. The molecular weight excluding hydrogens is 266 g/mol. The van der Waals surface area contributed by atoms with E-state index in [1.54, 1.807) is 14.1 Å². The number of carbonyl (C=O) groups is 2. The maximum atomic E-state index is 11.8. The van der Waals surface area contributed by atoms with Gasteiger partial charge in [0.1, 0.15) is 0 Å². The molecule has 0 fully saturated rings. The third-order valence-electron chi connectivity index (χ3n) is 3.29. The molecule has 0 bridgehead atoms. The van der Waals surface area contributed by atoms with E-state index in [0.29, 0.717) is 6.54 Å². The molecule has 5 heteroatoms. The highest BCUT2D eigenvalue weighted by atomic mass is 16.2. The van der Waals surface area contributed by atoms with Gasteiger partial charge < -0.3 is 10.2 Å². The molecule has 1 aromatic carbocycles. The third-order valence-corrected chi connectivity index (χ3v) is 3.29. The van der Waals surface area contributed by atoms with Crippen LogP contribution < -0.4 is 5.32 Å². The van der Waals surface area contributed by atoms with E-state index in [2.05, 4.69) is 37.4 Å². The van der Waals surface area contributed by atoms with Gasteiger partial charge in [-0.3, -0.25) is 14.5 Å². The van der Waals surface area contributed by atoms with Crippen LogP contribution in [0.4, 0.5) is 0 Å². The summed E-state index contributed by atoms with van der Waals surface area (Å²) in [5.41, 5.74) is 3.67. The lowest BCUT2D eigenvalue weighted by Crippen LogP contribution is -2.40. The van der Waals surface area contributed by atoms with Crippen molar-refractivity contribution in [3.8, 4) is 0 Å². The van der Waals surface area contributed by atoms with Gasteiger partial charge in [-0.1, -0.05) is 23.8 Å². The molecule has 0 aliphatic rings. The van der Waals surface area contributed by atoms with Crippen molar-refractivity contribution < 1.29 is 9.59 Å². The molecule has 0 aromatic heterocycles. The Hall–Kier alpha value is -1.88. The van der Waals surface area contributed by atoms with E-state index in [0.717, 1.165) is 0 Å². The summed E-state index contributed by atoms with van der Waals surface area (Å²) in [7, 11) is 5.23. The van der Waals surface area contributed by atoms with Crippen LogP contribution in [0.15, 0.2) is 18.2 Å². The number of carbonyl (C=O) groups excluding carboxylic acids is 2. The molecule has 0 saturated carbocycles. The zero-order valence-corrected chi connectivity index (χ0v) is 13.6. The van der Waals surface area contributed by atoms with E-state index in [9.17, 15) is 9.59 Å². The second-order valence-electron chi connectivity index (χ2n) is 5.67. The topological polar surface area (TPSA) is 52.7 Å². The van der Waals surface area contributed by atoms with Gasteiger partial charge in [0.05, 0.1) is 13.1 Å². The summed E-state index contributed by atoms with van der Waals surface area (Å²) in [6.07, 6.45) is 0. The van der Waals surface area contributed by atoms with Crippen LogP contribution in [-0.2, 0) is 16.1 Å². The Morgan fingerprint density at radius 1 is 1.14 bits per heavy atom. The van der Waals surface area contributed by atoms with E-state index in [4.69, 9.17) is 0 Å². The lowest BCUT2D eigenvalue weighted by molar-refractivity contribution is -0.131. The Morgan fingerprint density at radius 3 is 2.38 bits per heavy atom. The first-order valence-corrected chi connectivity index (χ1v) is 7.01. The minimum atomic E-state index is -0.141. The molecular formula is C16H25N3O2. The van der Waals surface area contributed by atoms with Crippen LogP contribution in [0.1, 0.15) is 16.7 Å². The Kier molecular flexibility index (Phi) is 6.37. The lowest BCUT2D eigenvalue weighted by atomic mass is 10.1. The number of amides is 2. The molecule has 0 aliphatic carbocycles. The molecule has 0 unspecified atom stereocenters. The molecule has 0 spiro atoms. The largest absolute Gasteiger partial charge is 0.347 e. The van der Waals surface area contributed by atoms with Crippen molar-refractivity contribution in [1.82, 2.24) is 15.1 Å². The summed E-state index contributed by atoms with van der Waals surface area (Å²) in [6.45, 7) is 5.17. The van der Waals surface area contributed by atoms with E-state index in [-0.39, 0.29) is 24.9 Å². The van der Waals surface area contributed by atoms with Crippen LogP contribution >= 0.6 is 0 Å². The fourth-order valence-corrected chi connectivity index (χ4v) is 2.00. The molecule has 2 amide bonds. The second kappa shape index (κ2) is 7.78. The molecule has 0 saturated heterocycles. The Balaban J connectivity index is 2.44. The maximum absolute atomic E-state index is 11.8. The smallest absolute Gasteiger partial charge is 0.241 e. The zero-order valence-electron chi connectivity index (χ0n) is 13.6. The molecule has 5 nitrogen and oxygen atoms in total. The van der Waals surface area contributed by atoms with Gasteiger partial charge in [0.15, 0.2) is 0 Å². The minimum Gasteiger partial charge on any atom is -0.347 e. The van der Waals surface area contributed by atoms with Gasteiger partial charge in [-0.05, 0) is 32.0 Å². The number of hydrogen-bond acceptors (Lipinski definition) is 3. The predicted molar refractivity (Wildman–Crippen MR) is 84.0 cm³/mol. The number of aryl methyl sites for hydroxylation is 2. The van der Waals surface area contributed by atoms with E-state index < -0.39 is 0 Å². The minimum absolute atomic E-state index is 0.0449. The van der Waals surface area contributed by atoms with Crippen LogP contribution in [0.3, 0.4) is 0 Å². The van der Waals surface area contributed by atoms with Crippen LogP contribution in [0.25, 0.3) is 0 Å². The van der Waals surface area contributed by atoms with E-state index in [1.807, 2.05) is 11.9 Å². The van der Waals surface area contributed by atoms with Crippen molar-refractivity contribution >= 4 is 11.8 Å². The lowest BCUT2D eigenvalue weighted by Gasteiger charge is -2.18. The number of nitrogens with zero attached hydrogens (tertiary/aromatic N) is 2. The maximum Gasteiger partial charge on any atom is 0.241 e. The first kappa shape index (κ1) is 17.2. The Labute approximate surface area is 126 Å². The van der Waals surface area contributed by atoms with Gasteiger partial charge in [-0.2, -0.15) is 0 Å². The highest BCUT2D eigenvalue weighted by molar-refractivity contribution is 5.85. The number of rotatable bonds is 6. The van der Waals surface area contributed by atoms with E-state index in [1.165, 1.54) is 21.6 Å². The summed E-state index contributed by atoms with van der Waals surface area (Å²) in [5.74, 6) is -0.252. The van der Waals surface area contributed by atoms with Crippen molar-refractivity contribution in [2.75, 3.05) is 34.2 Å². The number of hydrogen-bond donors (Lipinski definition) is 1. The van der Waals surface area contributed by atoms with Crippen LogP contribution in [0, 0.1) is 13.8 Å². The molecule has 1 rings (SSSR count). The first-order valence-electron chi connectivity index (χ1n) is 7.01. The SMILES string of the molecule is Cc1ccc(CN(C)CC(=O)NCC(=O)N(C)C)c(C)c1. The van der Waals surface area contributed by atoms with Gasteiger partial charge in [-0.25, -0.2) is 0 Å². The van der Waals surface area contributed by atoms with Gasteiger partial charge in [0.2, 0.25) is 11.8 Å². The average molecular weight is 291 g/mol. The van der Waals surface area contributed by atoms with Crippen molar-refractivity contribution in [3.05, 3.63) is 34.9 Å². The summed E-state index contributed by atoms with van der Waals surface area (Å²) in [5, 5.41) is 2.63. The first-order chi connectivity index (χ1) is 9.79. The molecule has 0 aliphatic heterocycles. The van der Waals surface area contributed by atoms with Crippen molar-refractivity contribution in [2.24, 2.45) is 0 Å². The molecule has 0 atom stereocenters. The summed E-state index contributed by atoms with van der Waals surface area (Å²) in [4.78, 5) is 26.6. The fourth-order valence-electron chi connectivity index (χ4n) is 2.00. The normalized spacial score (nSPS) is 10.6. The summed E-state index contributed by atoms with van der Waals surface area (Å²) < 4.78 is 0. The number of nitrogens with one attached hydrogen (secondary N) is 1. The molecule has 1 N–H and O–H groups in total. The van der Waals surface area contributed by atoms with Gasteiger partial charge >= 0.3 is 0 Å². The number of likely N-dealkylation sites (N-methyl/N-ethyl adjacent to an activating group) is 2. The van der Waals surface area contributed by atoms with Crippen LogP contribution in [-0.4, -0.2) is 55.8 Å². The van der Waals surface area contributed by atoms with Gasteiger partial charge in [0.25, 0.3) is 0 Å². The van der Waals surface area contributed by atoms with Gasteiger partial charge in [-0.15, -0.1) is 0 Å². The summed E-state index contributed by atoms with van der Waals surface area (Å²) >= 11 is 0. The zero-order chi connectivity index (χ0) is 16.0. The van der Waals surface area contributed by atoms with E-state index >= 15 is 0 Å². The van der Waals surface area contributed by atoms with Crippen molar-refractivity contribution in [3.63, 3.8) is 0 Å². The average Bonchev–Trinajstić information content (AvgIpc) is 2.39. The highest BCUT2D eigenvalue weighted by Gasteiger charge is 2.10. The van der Waals surface area contributed by atoms with Crippen LogP contribution in [0.5, 0.6) is 0 Å². The third kappa shape index (κ3) is 5.95. The Morgan fingerprint density at radius 2 is 1.81 bits per heavy atom. The molecule has 21 heavy (non-hydrogen) atoms. The molecule has 1 aromatic rings. The summed E-state index contributed by atoms with van der Waals surface area (Å²) in [6, 6.07) is 6.31. The number of benzene rings is 1. The van der Waals surface area contributed by atoms with Crippen molar-refractivity contribution in [2.45, 2.75) is 20.4 Å². The van der Waals surface area contributed by atoms with Crippen LogP contribution in [0.2, 0.25) is 0 Å². The fraction of sp³-hybridized carbons (Fsp3) is 0.500. The van der Waals surface area contributed by atoms with Crippen molar-refractivity contribution in [1.29, 1.82) is 0 Å². The Bertz CT molecular complexity index is 512. The second-order valence-corrected chi connectivity index (χ2v) is 5.67. The molecule has 0 radical (unpaired) electrons. The standard InChI is InChI=1S/C16H25N3O2/c1-12-6-7-14(13(2)8-12)10-19(5)11-15(20)17-9-16(21)18(3)4/h6-8H,9-11H2,1-5H3,(H,17,20). The molecule has 116 valence electrons.